The molecule has 1 aliphatic heterocycles. The van der Waals surface area contributed by atoms with Gasteiger partial charge in [0.05, 0.1) is 19.0 Å². The van der Waals surface area contributed by atoms with Crippen molar-refractivity contribution in [3.8, 4) is 0 Å². The van der Waals surface area contributed by atoms with Crippen LogP contribution in [0.2, 0.25) is 0 Å². The molecule has 2 rings (SSSR count). The summed E-state index contributed by atoms with van der Waals surface area (Å²) in [6, 6.07) is 0. The summed E-state index contributed by atoms with van der Waals surface area (Å²) >= 11 is 0. The standard InChI is InChI=1S/C12H18N4O2/c1-2-18-12(17)10-6-15-11(7-14-10)16-4-3-9(5-13)8-16/h6-7,9H,2-5,8,13H2,1H3. The van der Waals surface area contributed by atoms with Crippen LogP contribution in [0.3, 0.4) is 0 Å². The lowest BCUT2D eigenvalue weighted by Crippen LogP contribution is -2.23. The fourth-order valence-corrected chi connectivity index (χ4v) is 2.03. The Morgan fingerprint density at radius 1 is 1.56 bits per heavy atom. The van der Waals surface area contributed by atoms with Gasteiger partial charge >= 0.3 is 5.97 Å². The maximum Gasteiger partial charge on any atom is 0.358 e. The maximum atomic E-state index is 11.4. The van der Waals surface area contributed by atoms with Crippen LogP contribution in [0.5, 0.6) is 0 Å². The van der Waals surface area contributed by atoms with Crippen LogP contribution < -0.4 is 10.6 Å². The normalized spacial score (nSPS) is 19.0. The van der Waals surface area contributed by atoms with Gasteiger partial charge in [0, 0.05) is 13.1 Å². The first kappa shape index (κ1) is 12.8. The van der Waals surface area contributed by atoms with Crippen molar-refractivity contribution in [3.05, 3.63) is 18.1 Å². The van der Waals surface area contributed by atoms with E-state index in [1.165, 1.54) is 6.20 Å². The first-order valence-corrected chi connectivity index (χ1v) is 6.18. The molecule has 1 saturated heterocycles. The Morgan fingerprint density at radius 3 is 2.94 bits per heavy atom. The van der Waals surface area contributed by atoms with Crippen LogP contribution in [0.4, 0.5) is 5.82 Å². The highest BCUT2D eigenvalue weighted by Crippen LogP contribution is 2.20. The van der Waals surface area contributed by atoms with Crippen LogP contribution in [0.15, 0.2) is 12.4 Å². The van der Waals surface area contributed by atoms with Crippen molar-refractivity contribution in [2.45, 2.75) is 13.3 Å². The lowest BCUT2D eigenvalue weighted by molar-refractivity contribution is 0.0519. The van der Waals surface area contributed by atoms with E-state index >= 15 is 0 Å². The highest BCUT2D eigenvalue weighted by atomic mass is 16.5. The summed E-state index contributed by atoms with van der Waals surface area (Å²) in [6.07, 6.45) is 4.16. The van der Waals surface area contributed by atoms with Gasteiger partial charge in [0.2, 0.25) is 0 Å². The number of hydrogen-bond acceptors (Lipinski definition) is 6. The topological polar surface area (TPSA) is 81.3 Å². The Hall–Kier alpha value is -1.69. The van der Waals surface area contributed by atoms with Gasteiger partial charge in [0.1, 0.15) is 5.82 Å². The maximum absolute atomic E-state index is 11.4. The number of nitrogens with zero attached hydrogens (tertiary/aromatic N) is 3. The molecule has 0 bridgehead atoms. The molecular weight excluding hydrogens is 232 g/mol. The molecule has 98 valence electrons. The summed E-state index contributed by atoms with van der Waals surface area (Å²) in [6.45, 7) is 4.65. The molecule has 0 amide bonds. The molecule has 0 radical (unpaired) electrons. The van der Waals surface area contributed by atoms with Gasteiger partial charge in [-0.1, -0.05) is 0 Å². The molecule has 0 aromatic carbocycles. The fourth-order valence-electron chi connectivity index (χ4n) is 2.03. The summed E-state index contributed by atoms with van der Waals surface area (Å²) in [7, 11) is 0. The van der Waals surface area contributed by atoms with Crippen LogP contribution in [0.25, 0.3) is 0 Å². The number of carbonyl (C=O) groups is 1. The molecule has 2 heterocycles. The van der Waals surface area contributed by atoms with Crippen LogP contribution in [-0.2, 0) is 4.74 Å². The molecule has 2 N–H and O–H groups in total. The Morgan fingerprint density at radius 2 is 2.39 bits per heavy atom. The van der Waals surface area contributed by atoms with E-state index in [0.717, 1.165) is 25.3 Å². The van der Waals surface area contributed by atoms with E-state index in [1.807, 2.05) is 0 Å². The van der Waals surface area contributed by atoms with E-state index in [4.69, 9.17) is 10.5 Å². The zero-order chi connectivity index (χ0) is 13.0. The Labute approximate surface area is 106 Å². The molecule has 0 spiro atoms. The lowest BCUT2D eigenvalue weighted by atomic mass is 10.1. The van der Waals surface area contributed by atoms with Gasteiger partial charge in [0.15, 0.2) is 5.69 Å². The number of carbonyl (C=O) groups excluding carboxylic acids is 1. The average molecular weight is 250 g/mol. The molecule has 1 unspecified atom stereocenters. The molecule has 1 aliphatic rings. The van der Waals surface area contributed by atoms with Gasteiger partial charge in [-0.15, -0.1) is 0 Å². The van der Waals surface area contributed by atoms with Crippen LogP contribution >= 0.6 is 0 Å². The second-order valence-electron chi connectivity index (χ2n) is 4.32. The molecule has 0 aliphatic carbocycles. The van der Waals surface area contributed by atoms with E-state index in [0.29, 0.717) is 19.1 Å². The third kappa shape index (κ3) is 2.76. The van der Waals surface area contributed by atoms with E-state index in [1.54, 1.807) is 13.1 Å². The fraction of sp³-hybridized carbons (Fsp3) is 0.583. The third-order valence-corrected chi connectivity index (χ3v) is 3.07. The quantitative estimate of drug-likeness (QED) is 0.781. The van der Waals surface area contributed by atoms with Crippen molar-refractivity contribution in [2.75, 3.05) is 31.1 Å². The van der Waals surface area contributed by atoms with Gasteiger partial charge in [-0.25, -0.2) is 14.8 Å². The second-order valence-corrected chi connectivity index (χ2v) is 4.32. The molecule has 1 atom stereocenters. The Balaban J connectivity index is 2.02. The minimum absolute atomic E-state index is 0.246. The number of anilines is 1. The van der Waals surface area contributed by atoms with Gasteiger partial charge in [-0.05, 0) is 25.8 Å². The van der Waals surface area contributed by atoms with Crippen molar-refractivity contribution in [2.24, 2.45) is 11.7 Å². The summed E-state index contributed by atoms with van der Waals surface area (Å²) in [5.41, 5.74) is 5.89. The predicted octanol–water partition coefficient (Wildman–Crippen LogP) is 0.438. The van der Waals surface area contributed by atoms with E-state index in [2.05, 4.69) is 14.9 Å². The molecular formula is C12H18N4O2. The minimum Gasteiger partial charge on any atom is -0.461 e. The first-order valence-electron chi connectivity index (χ1n) is 6.18. The predicted molar refractivity (Wildman–Crippen MR) is 67.4 cm³/mol. The summed E-state index contributed by atoms with van der Waals surface area (Å²) in [5.74, 6) is 0.883. The van der Waals surface area contributed by atoms with Crippen molar-refractivity contribution in [1.29, 1.82) is 0 Å². The van der Waals surface area contributed by atoms with E-state index < -0.39 is 5.97 Å². The number of hydrogen-bond donors (Lipinski definition) is 1. The van der Waals surface area contributed by atoms with Crippen molar-refractivity contribution in [3.63, 3.8) is 0 Å². The summed E-state index contributed by atoms with van der Waals surface area (Å²) in [5, 5.41) is 0. The summed E-state index contributed by atoms with van der Waals surface area (Å²) in [4.78, 5) is 21.9. The van der Waals surface area contributed by atoms with E-state index in [-0.39, 0.29) is 5.69 Å². The largest absolute Gasteiger partial charge is 0.461 e. The smallest absolute Gasteiger partial charge is 0.358 e. The highest BCUT2D eigenvalue weighted by Gasteiger charge is 2.22. The molecule has 6 heteroatoms. The lowest BCUT2D eigenvalue weighted by Gasteiger charge is -2.16. The number of rotatable bonds is 4. The monoisotopic (exact) mass is 250 g/mol. The average Bonchev–Trinajstić information content (AvgIpc) is 2.88. The number of nitrogens with two attached hydrogens (primary N) is 1. The Bertz CT molecular complexity index is 407. The first-order chi connectivity index (χ1) is 8.74. The van der Waals surface area contributed by atoms with Gasteiger partial charge in [0.25, 0.3) is 0 Å². The van der Waals surface area contributed by atoms with Gasteiger partial charge in [-0.3, -0.25) is 0 Å². The minimum atomic E-state index is -0.433. The van der Waals surface area contributed by atoms with Gasteiger partial charge in [-0.2, -0.15) is 0 Å². The SMILES string of the molecule is CCOC(=O)c1cnc(N2CCC(CN)C2)cn1. The van der Waals surface area contributed by atoms with Crippen molar-refractivity contribution < 1.29 is 9.53 Å². The molecule has 18 heavy (non-hydrogen) atoms. The zero-order valence-corrected chi connectivity index (χ0v) is 10.5. The molecule has 0 saturated carbocycles. The van der Waals surface area contributed by atoms with Gasteiger partial charge < -0.3 is 15.4 Å². The zero-order valence-electron chi connectivity index (χ0n) is 10.5. The molecule has 1 aromatic rings. The number of esters is 1. The molecule has 1 aromatic heterocycles. The number of ether oxygens (including phenoxy) is 1. The Kier molecular flexibility index (Phi) is 4.09. The van der Waals surface area contributed by atoms with Crippen LogP contribution in [0.1, 0.15) is 23.8 Å². The third-order valence-electron chi connectivity index (χ3n) is 3.07. The molecule has 1 fully saturated rings. The molecule has 6 nitrogen and oxygen atoms in total. The van der Waals surface area contributed by atoms with E-state index in [9.17, 15) is 4.79 Å². The van der Waals surface area contributed by atoms with Crippen LogP contribution in [-0.4, -0.2) is 42.2 Å². The van der Waals surface area contributed by atoms with Crippen molar-refractivity contribution >= 4 is 11.8 Å². The van der Waals surface area contributed by atoms with Crippen molar-refractivity contribution in [1.82, 2.24) is 9.97 Å². The summed E-state index contributed by atoms with van der Waals surface area (Å²) < 4.78 is 4.86. The number of aromatic nitrogens is 2. The highest BCUT2D eigenvalue weighted by molar-refractivity contribution is 5.86. The second kappa shape index (κ2) is 5.77. The van der Waals surface area contributed by atoms with Crippen LogP contribution in [0, 0.1) is 5.92 Å².